The van der Waals surface area contributed by atoms with Gasteiger partial charge in [0.25, 0.3) is 0 Å². The van der Waals surface area contributed by atoms with Gasteiger partial charge in [0.05, 0.1) is 0 Å². The van der Waals surface area contributed by atoms with Gasteiger partial charge in [-0.1, -0.05) is 27.7 Å². The van der Waals surface area contributed by atoms with E-state index in [2.05, 4.69) is 44.8 Å². The van der Waals surface area contributed by atoms with E-state index in [9.17, 15) is 0 Å². The smallest absolute Gasteiger partial charge is 0.0270 e. The van der Waals surface area contributed by atoms with Crippen LogP contribution < -0.4 is 0 Å². The number of hydrogen-bond donors (Lipinski definition) is 0. The quantitative estimate of drug-likeness (QED) is 0.694. The zero-order valence-corrected chi connectivity index (χ0v) is 11.1. The van der Waals surface area contributed by atoms with Gasteiger partial charge in [0, 0.05) is 12.4 Å². The first kappa shape index (κ1) is 13.2. The second kappa shape index (κ2) is 6.67. The van der Waals surface area contributed by atoms with Crippen LogP contribution in [0.15, 0.2) is 24.5 Å². The number of aromatic nitrogens is 1. The zero-order valence-electron chi connectivity index (χ0n) is 11.1. The molecule has 0 aromatic carbocycles. The van der Waals surface area contributed by atoms with Gasteiger partial charge >= 0.3 is 0 Å². The zero-order chi connectivity index (χ0) is 12.0. The van der Waals surface area contributed by atoms with Crippen molar-refractivity contribution in [1.82, 2.24) is 4.98 Å². The molecule has 0 aliphatic carbocycles. The molecule has 1 heteroatoms. The summed E-state index contributed by atoms with van der Waals surface area (Å²) < 4.78 is 0. The molecule has 0 fully saturated rings. The fraction of sp³-hybridized carbons (Fsp3) is 0.667. The van der Waals surface area contributed by atoms with E-state index in [0.29, 0.717) is 0 Å². The molecule has 1 nitrogen and oxygen atoms in total. The van der Waals surface area contributed by atoms with Crippen molar-refractivity contribution < 1.29 is 0 Å². The van der Waals surface area contributed by atoms with Crippen LogP contribution in [0.1, 0.15) is 46.1 Å². The van der Waals surface area contributed by atoms with Crippen molar-refractivity contribution in [3.8, 4) is 0 Å². The molecule has 1 aromatic heterocycles. The molecular formula is C15H25N. The molecule has 1 heterocycles. The van der Waals surface area contributed by atoms with E-state index in [1.807, 2.05) is 12.4 Å². The highest BCUT2D eigenvalue weighted by Crippen LogP contribution is 2.23. The van der Waals surface area contributed by atoms with Crippen molar-refractivity contribution in [1.29, 1.82) is 0 Å². The summed E-state index contributed by atoms with van der Waals surface area (Å²) in [6.07, 6.45) is 7.67. The SMILES string of the molecule is CC(C)CC(Cc1ccncc1)CC(C)C. The Kier molecular flexibility index (Phi) is 5.51. The molecule has 1 rings (SSSR count). The molecule has 0 amide bonds. The fourth-order valence-corrected chi connectivity index (χ4v) is 2.45. The van der Waals surface area contributed by atoms with E-state index in [-0.39, 0.29) is 0 Å². The third-order valence-electron chi connectivity index (χ3n) is 2.88. The average molecular weight is 219 g/mol. The van der Waals surface area contributed by atoms with Crippen LogP contribution in [0.25, 0.3) is 0 Å². The standard InChI is InChI=1S/C15H25N/c1-12(2)9-15(10-13(3)4)11-14-5-7-16-8-6-14/h5-8,12-13,15H,9-11H2,1-4H3. The van der Waals surface area contributed by atoms with Crippen LogP contribution >= 0.6 is 0 Å². The molecule has 0 bridgehead atoms. The van der Waals surface area contributed by atoms with E-state index in [1.165, 1.54) is 24.8 Å². The van der Waals surface area contributed by atoms with Gasteiger partial charge < -0.3 is 0 Å². The lowest BCUT2D eigenvalue weighted by Crippen LogP contribution is -2.11. The van der Waals surface area contributed by atoms with Crippen LogP contribution in [-0.4, -0.2) is 4.98 Å². The first-order valence-electron chi connectivity index (χ1n) is 6.46. The second-order valence-corrected chi connectivity index (χ2v) is 5.68. The monoisotopic (exact) mass is 219 g/mol. The molecule has 0 spiro atoms. The van der Waals surface area contributed by atoms with Crippen molar-refractivity contribution in [3.63, 3.8) is 0 Å². The normalized spacial score (nSPS) is 11.7. The second-order valence-electron chi connectivity index (χ2n) is 5.68. The first-order valence-corrected chi connectivity index (χ1v) is 6.46. The van der Waals surface area contributed by atoms with Crippen molar-refractivity contribution in [2.75, 3.05) is 0 Å². The summed E-state index contributed by atoms with van der Waals surface area (Å²) in [6, 6.07) is 4.29. The van der Waals surface area contributed by atoms with Gasteiger partial charge in [-0.2, -0.15) is 0 Å². The van der Waals surface area contributed by atoms with Gasteiger partial charge in [0.15, 0.2) is 0 Å². The number of rotatable bonds is 6. The predicted molar refractivity (Wildman–Crippen MR) is 70.3 cm³/mol. The van der Waals surface area contributed by atoms with Crippen LogP contribution in [0.4, 0.5) is 0 Å². The molecule has 0 N–H and O–H groups in total. The molecule has 90 valence electrons. The summed E-state index contributed by atoms with van der Waals surface area (Å²) in [5.41, 5.74) is 1.43. The minimum atomic E-state index is 0.797. The largest absolute Gasteiger partial charge is 0.265 e. The maximum Gasteiger partial charge on any atom is 0.0270 e. The van der Waals surface area contributed by atoms with E-state index in [1.54, 1.807) is 0 Å². The Balaban J connectivity index is 2.56. The van der Waals surface area contributed by atoms with Crippen LogP contribution in [0, 0.1) is 17.8 Å². The first-order chi connectivity index (χ1) is 7.58. The van der Waals surface area contributed by atoms with Gasteiger partial charge in [0.1, 0.15) is 0 Å². The maximum absolute atomic E-state index is 4.07. The van der Waals surface area contributed by atoms with Crippen LogP contribution in [-0.2, 0) is 6.42 Å². The predicted octanol–water partition coefficient (Wildman–Crippen LogP) is 4.33. The molecule has 0 radical (unpaired) electrons. The number of pyridine rings is 1. The Labute approximate surface area is 100 Å². The van der Waals surface area contributed by atoms with E-state index < -0.39 is 0 Å². The Morgan fingerprint density at radius 2 is 1.44 bits per heavy atom. The van der Waals surface area contributed by atoms with Gasteiger partial charge in [-0.25, -0.2) is 0 Å². The molecule has 0 aliphatic rings. The molecule has 16 heavy (non-hydrogen) atoms. The molecule has 0 saturated heterocycles. The van der Waals surface area contributed by atoms with Gasteiger partial charge in [-0.3, -0.25) is 4.98 Å². The number of hydrogen-bond acceptors (Lipinski definition) is 1. The molecule has 0 unspecified atom stereocenters. The Morgan fingerprint density at radius 1 is 0.938 bits per heavy atom. The third-order valence-corrected chi connectivity index (χ3v) is 2.88. The van der Waals surface area contributed by atoms with Crippen molar-refractivity contribution >= 4 is 0 Å². The van der Waals surface area contributed by atoms with Crippen LogP contribution in [0.5, 0.6) is 0 Å². The highest BCUT2D eigenvalue weighted by atomic mass is 14.6. The molecule has 1 aromatic rings. The van der Waals surface area contributed by atoms with Crippen molar-refractivity contribution in [2.24, 2.45) is 17.8 Å². The van der Waals surface area contributed by atoms with E-state index in [0.717, 1.165) is 17.8 Å². The molecular weight excluding hydrogens is 194 g/mol. The third kappa shape index (κ3) is 5.29. The molecule has 0 atom stereocenters. The van der Waals surface area contributed by atoms with Crippen LogP contribution in [0.2, 0.25) is 0 Å². The lowest BCUT2D eigenvalue weighted by Gasteiger charge is -2.21. The Hall–Kier alpha value is -0.850. The van der Waals surface area contributed by atoms with E-state index in [4.69, 9.17) is 0 Å². The van der Waals surface area contributed by atoms with Crippen LogP contribution in [0.3, 0.4) is 0 Å². The van der Waals surface area contributed by atoms with Gasteiger partial charge in [-0.15, -0.1) is 0 Å². The summed E-state index contributed by atoms with van der Waals surface area (Å²) in [6.45, 7) is 9.28. The van der Waals surface area contributed by atoms with Crippen molar-refractivity contribution in [3.05, 3.63) is 30.1 Å². The lowest BCUT2D eigenvalue weighted by atomic mass is 9.85. The topological polar surface area (TPSA) is 12.9 Å². The Morgan fingerprint density at radius 3 is 1.88 bits per heavy atom. The highest BCUT2D eigenvalue weighted by Gasteiger charge is 2.13. The minimum absolute atomic E-state index is 0.797. The molecule has 0 saturated carbocycles. The summed E-state index contributed by atoms with van der Waals surface area (Å²) in [4.78, 5) is 4.07. The average Bonchev–Trinajstić information content (AvgIpc) is 2.16. The summed E-state index contributed by atoms with van der Waals surface area (Å²) in [7, 11) is 0. The molecule has 0 aliphatic heterocycles. The summed E-state index contributed by atoms with van der Waals surface area (Å²) in [5, 5.41) is 0. The summed E-state index contributed by atoms with van der Waals surface area (Å²) >= 11 is 0. The van der Waals surface area contributed by atoms with Gasteiger partial charge in [-0.05, 0) is 54.7 Å². The highest BCUT2D eigenvalue weighted by molar-refractivity contribution is 5.10. The van der Waals surface area contributed by atoms with Crippen molar-refractivity contribution in [2.45, 2.75) is 47.0 Å². The minimum Gasteiger partial charge on any atom is -0.265 e. The Bertz CT molecular complexity index is 267. The van der Waals surface area contributed by atoms with E-state index >= 15 is 0 Å². The lowest BCUT2D eigenvalue weighted by molar-refractivity contribution is 0.341. The fourth-order valence-electron chi connectivity index (χ4n) is 2.45. The van der Waals surface area contributed by atoms with Gasteiger partial charge in [0.2, 0.25) is 0 Å². The number of nitrogens with zero attached hydrogens (tertiary/aromatic N) is 1. The maximum atomic E-state index is 4.07. The summed E-state index contributed by atoms with van der Waals surface area (Å²) in [5.74, 6) is 2.42.